The normalized spacial score (nSPS) is 20.7. The standard InChI is InChI=1S/C32H42F3N7O3/c1-18-24(13-23(36)14-26(18)32(33,34)35)19(2)37-29-25-15-27-28(45-12-10-42(27)30(25)39-20(3)38-29)22-16-41(17-22)31(43)21-5-7-40(8-6-21)9-11-44-4/h13-15,19,21-22,28H,5-12,16-17,36H2,1-4H3,(H,37,38,39)/t19-,28?/m1/s1. The molecule has 5 heterocycles. The zero-order valence-electron chi connectivity index (χ0n) is 26.3. The van der Waals surface area contributed by atoms with Gasteiger partial charge in [-0.3, -0.25) is 4.79 Å². The number of carbonyl (C=O) groups is 1. The number of likely N-dealkylation sites (tertiary alicyclic amines) is 2. The number of carbonyl (C=O) groups excluding carboxylic acids is 1. The number of amides is 1. The largest absolute Gasteiger partial charge is 0.416 e. The summed E-state index contributed by atoms with van der Waals surface area (Å²) in [6.45, 7) is 11.0. The maximum Gasteiger partial charge on any atom is 0.416 e. The Bertz CT molecular complexity index is 1560. The van der Waals surface area contributed by atoms with Crippen LogP contribution in [0.3, 0.4) is 0 Å². The molecule has 0 saturated carbocycles. The molecule has 244 valence electrons. The van der Waals surface area contributed by atoms with Crippen molar-refractivity contribution in [2.24, 2.45) is 11.8 Å². The molecule has 1 unspecified atom stereocenters. The first-order valence-corrected chi connectivity index (χ1v) is 15.7. The minimum Gasteiger partial charge on any atom is -0.399 e. The van der Waals surface area contributed by atoms with Gasteiger partial charge < -0.3 is 34.9 Å². The van der Waals surface area contributed by atoms with Crippen molar-refractivity contribution >= 4 is 28.4 Å². The van der Waals surface area contributed by atoms with E-state index in [0.717, 1.165) is 55.3 Å². The number of rotatable bonds is 8. The van der Waals surface area contributed by atoms with Crippen LogP contribution in [-0.4, -0.2) is 83.3 Å². The van der Waals surface area contributed by atoms with Crippen LogP contribution in [0.1, 0.15) is 60.1 Å². The fraction of sp³-hybridized carbons (Fsp3) is 0.594. The van der Waals surface area contributed by atoms with Gasteiger partial charge in [-0.1, -0.05) is 0 Å². The lowest BCUT2D eigenvalue weighted by molar-refractivity contribution is -0.150. The van der Waals surface area contributed by atoms with Gasteiger partial charge >= 0.3 is 6.18 Å². The van der Waals surface area contributed by atoms with Crippen LogP contribution in [0.15, 0.2) is 18.2 Å². The second-order valence-electron chi connectivity index (χ2n) is 12.6. The summed E-state index contributed by atoms with van der Waals surface area (Å²) >= 11 is 0. The summed E-state index contributed by atoms with van der Waals surface area (Å²) in [5.41, 5.74) is 7.53. The summed E-state index contributed by atoms with van der Waals surface area (Å²) in [6.07, 6.45) is -2.95. The number of nitrogens with zero attached hydrogens (tertiary/aromatic N) is 5. The molecule has 3 aliphatic rings. The van der Waals surface area contributed by atoms with E-state index in [-0.39, 0.29) is 35.1 Å². The smallest absolute Gasteiger partial charge is 0.399 e. The molecule has 6 rings (SSSR count). The van der Waals surface area contributed by atoms with E-state index in [2.05, 4.69) is 19.8 Å². The van der Waals surface area contributed by atoms with E-state index in [9.17, 15) is 18.0 Å². The first-order chi connectivity index (χ1) is 21.4. The second kappa shape index (κ2) is 12.4. The van der Waals surface area contributed by atoms with Gasteiger partial charge in [0.05, 0.1) is 30.2 Å². The molecule has 45 heavy (non-hydrogen) atoms. The molecule has 3 aromatic rings. The Morgan fingerprint density at radius 3 is 2.58 bits per heavy atom. The number of hydrogen-bond donors (Lipinski definition) is 2. The lowest BCUT2D eigenvalue weighted by atomic mass is 9.87. The molecule has 3 aliphatic heterocycles. The molecular formula is C32H42F3N7O3. The number of nitrogens with two attached hydrogens (primary N) is 1. The molecule has 0 radical (unpaired) electrons. The van der Waals surface area contributed by atoms with E-state index in [1.165, 1.54) is 6.92 Å². The maximum absolute atomic E-state index is 13.7. The van der Waals surface area contributed by atoms with Crippen molar-refractivity contribution in [3.63, 3.8) is 0 Å². The van der Waals surface area contributed by atoms with E-state index in [4.69, 9.17) is 20.2 Å². The van der Waals surface area contributed by atoms with E-state index >= 15 is 0 Å². The average molecular weight is 630 g/mol. The summed E-state index contributed by atoms with van der Waals surface area (Å²) in [5.74, 6) is 1.56. The third kappa shape index (κ3) is 6.22. The third-order valence-corrected chi connectivity index (χ3v) is 9.59. The van der Waals surface area contributed by atoms with E-state index in [1.54, 1.807) is 27.0 Å². The van der Waals surface area contributed by atoms with Gasteiger partial charge in [-0.05, 0) is 76.0 Å². The van der Waals surface area contributed by atoms with Crippen LogP contribution in [0.25, 0.3) is 11.0 Å². The van der Waals surface area contributed by atoms with Gasteiger partial charge in [-0.25, -0.2) is 9.97 Å². The Morgan fingerprint density at radius 2 is 1.89 bits per heavy atom. The number of nitrogens with one attached hydrogen (secondary N) is 1. The molecule has 2 aromatic heterocycles. The number of fused-ring (bicyclic) bond motifs is 3. The first kappa shape index (κ1) is 31.6. The summed E-state index contributed by atoms with van der Waals surface area (Å²) in [4.78, 5) is 27.0. The van der Waals surface area contributed by atoms with Crippen molar-refractivity contribution in [2.75, 3.05) is 64.1 Å². The molecule has 1 aromatic carbocycles. The monoisotopic (exact) mass is 629 g/mol. The number of alkyl halides is 3. The summed E-state index contributed by atoms with van der Waals surface area (Å²) in [6, 6.07) is 4.08. The highest BCUT2D eigenvalue weighted by Gasteiger charge is 2.42. The molecule has 2 saturated heterocycles. The molecule has 1 amide bonds. The number of halogens is 3. The molecule has 0 bridgehead atoms. The van der Waals surface area contributed by atoms with Crippen molar-refractivity contribution in [1.82, 2.24) is 24.3 Å². The number of methoxy groups -OCH3 is 1. The van der Waals surface area contributed by atoms with Crippen LogP contribution in [0, 0.1) is 25.7 Å². The van der Waals surface area contributed by atoms with Crippen molar-refractivity contribution in [3.8, 4) is 0 Å². The molecule has 10 nitrogen and oxygen atoms in total. The number of ether oxygens (including phenoxy) is 2. The Labute approximate surface area is 261 Å². The summed E-state index contributed by atoms with van der Waals surface area (Å²) < 4.78 is 54.7. The minimum atomic E-state index is -4.51. The topological polar surface area (TPSA) is 111 Å². The molecular weight excluding hydrogens is 587 g/mol. The SMILES string of the molecule is COCCN1CCC(C(=O)N2CC(C3OCCn4c3cc3c(N[C@H](C)c5cc(N)cc(C(F)(F)F)c5C)nc(C)nc34)C2)CC1. The highest BCUT2D eigenvalue weighted by molar-refractivity contribution is 5.89. The van der Waals surface area contributed by atoms with Gasteiger partial charge in [0.2, 0.25) is 5.91 Å². The van der Waals surface area contributed by atoms with Gasteiger partial charge in [0.25, 0.3) is 0 Å². The number of benzene rings is 1. The zero-order chi connectivity index (χ0) is 32.0. The Balaban J connectivity index is 1.18. The number of nitrogen functional groups attached to an aromatic ring is 1. The molecule has 2 atom stereocenters. The minimum absolute atomic E-state index is 0.0560. The molecule has 3 N–H and O–H groups in total. The van der Waals surface area contributed by atoms with Crippen LogP contribution in [0.2, 0.25) is 0 Å². The molecule has 13 heteroatoms. The van der Waals surface area contributed by atoms with Gasteiger partial charge in [0, 0.05) is 56.5 Å². The van der Waals surface area contributed by atoms with E-state index < -0.39 is 17.8 Å². The Morgan fingerprint density at radius 1 is 1.16 bits per heavy atom. The zero-order valence-corrected chi connectivity index (χ0v) is 26.3. The highest BCUT2D eigenvalue weighted by Crippen LogP contribution is 2.41. The number of aromatic nitrogens is 3. The number of anilines is 2. The number of hydrogen-bond acceptors (Lipinski definition) is 8. The van der Waals surface area contributed by atoms with Gasteiger partial charge in [0.15, 0.2) is 0 Å². The average Bonchev–Trinajstić information content (AvgIpc) is 3.35. The summed E-state index contributed by atoms with van der Waals surface area (Å²) in [5, 5.41) is 4.13. The molecule has 0 aliphatic carbocycles. The van der Waals surface area contributed by atoms with Crippen molar-refractivity contribution in [1.29, 1.82) is 0 Å². The number of aryl methyl sites for hydroxylation is 1. The van der Waals surface area contributed by atoms with Crippen molar-refractivity contribution in [2.45, 2.75) is 58.5 Å². The molecule has 0 spiro atoms. The quantitative estimate of drug-likeness (QED) is 0.345. The van der Waals surface area contributed by atoms with Gasteiger partial charge in [-0.2, -0.15) is 13.2 Å². The van der Waals surface area contributed by atoms with Gasteiger partial charge in [-0.15, -0.1) is 0 Å². The lowest BCUT2D eigenvalue weighted by Crippen LogP contribution is -2.55. The van der Waals surface area contributed by atoms with Crippen molar-refractivity contribution < 1.29 is 27.4 Å². The van der Waals surface area contributed by atoms with Crippen LogP contribution >= 0.6 is 0 Å². The fourth-order valence-corrected chi connectivity index (χ4v) is 7.12. The van der Waals surface area contributed by atoms with E-state index in [1.807, 2.05) is 11.0 Å². The van der Waals surface area contributed by atoms with Crippen LogP contribution < -0.4 is 11.1 Å². The Kier molecular flexibility index (Phi) is 8.70. The predicted molar refractivity (Wildman–Crippen MR) is 165 cm³/mol. The van der Waals surface area contributed by atoms with Crippen LogP contribution in [0.4, 0.5) is 24.7 Å². The van der Waals surface area contributed by atoms with Crippen molar-refractivity contribution in [3.05, 3.63) is 46.4 Å². The second-order valence-corrected chi connectivity index (χ2v) is 12.6. The van der Waals surface area contributed by atoms with Gasteiger partial charge in [0.1, 0.15) is 23.4 Å². The maximum atomic E-state index is 13.7. The molecule has 2 fully saturated rings. The third-order valence-electron chi connectivity index (χ3n) is 9.59. The highest BCUT2D eigenvalue weighted by atomic mass is 19.4. The summed E-state index contributed by atoms with van der Waals surface area (Å²) in [7, 11) is 1.71. The predicted octanol–water partition coefficient (Wildman–Crippen LogP) is 4.71. The first-order valence-electron chi connectivity index (χ1n) is 15.7. The van der Waals surface area contributed by atoms with Crippen LogP contribution in [-0.2, 0) is 27.0 Å². The lowest BCUT2D eigenvalue weighted by Gasteiger charge is -2.46. The number of piperidine rings is 1. The Hall–Kier alpha value is -3.42. The fourth-order valence-electron chi connectivity index (χ4n) is 7.12. The van der Waals surface area contributed by atoms with Crippen LogP contribution in [0.5, 0.6) is 0 Å². The van der Waals surface area contributed by atoms with E-state index in [0.29, 0.717) is 50.1 Å².